The minimum absolute atomic E-state index is 0.343. The first-order valence-corrected chi connectivity index (χ1v) is 8.80. The highest BCUT2D eigenvalue weighted by molar-refractivity contribution is 6.07. The van der Waals surface area contributed by atoms with Crippen molar-refractivity contribution in [3.05, 3.63) is 95.9 Å². The molecule has 0 atom stereocenters. The SMILES string of the molecule is O=C(NNC(=O)c1c[nH]c2ccccc12)c1ccc(Oc2ccc(F)cc2)cc1. The van der Waals surface area contributed by atoms with Gasteiger partial charge >= 0.3 is 0 Å². The number of carbonyl (C=O) groups is 2. The Balaban J connectivity index is 1.37. The number of hydrazine groups is 1. The molecule has 0 spiro atoms. The van der Waals surface area contributed by atoms with Crippen LogP contribution in [0.25, 0.3) is 10.9 Å². The summed E-state index contributed by atoms with van der Waals surface area (Å²) in [6.07, 6.45) is 1.59. The molecule has 0 unspecified atom stereocenters. The average molecular weight is 389 g/mol. The molecule has 2 amide bonds. The van der Waals surface area contributed by atoms with Gasteiger partial charge in [-0.2, -0.15) is 0 Å². The number of H-pyrrole nitrogens is 1. The first-order valence-electron chi connectivity index (χ1n) is 8.80. The first kappa shape index (κ1) is 18.2. The van der Waals surface area contributed by atoms with E-state index in [2.05, 4.69) is 15.8 Å². The quantitative estimate of drug-likeness (QED) is 0.458. The molecule has 7 heteroatoms. The van der Waals surface area contributed by atoms with Crippen molar-refractivity contribution in [2.24, 2.45) is 0 Å². The summed E-state index contributed by atoms with van der Waals surface area (Å²) in [7, 11) is 0. The van der Waals surface area contributed by atoms with Gasteiger partial charge in [0.2, 0.25) is 0 Å². The number of hydrogen-bond donors (Lipinski definition) is 3. The van der Waals surface area contributed by atoms with Crippen LogP contribution < -0.4 is 15.6 Å². The molecule has 3 aromatic carbocycles. The summed E-state index contributed by atoms with van der Waals surface area (Å²) in [5.74, 6) is -0.261. The van der Waals surface area contributed by atoms with Crippen molar-refractivity contribution in [1.29, 1.82) is 0 Å². The zero-order valence-electron chi connectivity index (χ0n) is 15.1. The minimum atomic E-state index is -0.466. The highest BCUT2D eigenvalue weighted by atomic mass is 19.1. The number of nitrogens with one attached hydrogen (secondary N) is 3. The van der Waals surface area contributed by atoms with Gasteiger partial charge in [0.05, 0.1) is 5.56 Å². The molecular weight excluding hydrogens is 373 g/mol. The lowest BCUT2D eigenvalue weighted by Crippen LogP contribution is -2.41. The van der Waals surface area contributed by atoms with Crippen molar-refractivity contribution in [2.75, 3.05) is 0 Å². The van der Waals surface area contributed by atoms with Gasteiger partial charge in [-0.3, -0.25) is 20.4 Å². The summed E-state index contributed by atoms with van der Waals surface area (Å²) in [5.41, 5.74) is 6.41. The fourth-order valence-electron chi connectivity index (χ4n) is 2.83. The number of aromatic nitrogens is 1. The summed E-state index contributed by atoms with van der Waals surface area (Å²) in [6, 6.07) is 19.3. The van der Waals surface area contributed by atoms with E-state index in [4.69, 9.17) is 4.74 Å². The van der Waals surface area contributed by atoms with E-state index in [-0.39, 0.29) is 5.82 Å². The average Bonchev–Trinajstić information content (AvgIpc) is 3.18. The van der Waals surface area contributed by atoms with Crippen LogP contribution in [0.3, 0.4) is 0 Å². The predicted octanol–water partition coefficient (Wildman–Crippen LogP) is 4.17. The molecule has 0 bridgehead atoms. The number of ether oxygens (including phenoxy) is 1. The van der Waals surface area contributed by atoms with Gasteiger partial charge in [0.25, 0.3) is 11.8 Å². The predicted molar refractivity (Wildman–Crippen MR) is 106 cm³/mol. The van der Waals surface area contributed by atoms with Crippen molar-refractivity contribution in [3.8, 4) is 11.5 Å². The number of carbonyl (C=O) groups excluding carboxylic acids is 2. The summed E-state index contributed by atoms with van der Waals surface area (Å²) >= 11 is 0. The standard InChI is InChI=1S/C22H16FN3O3/c23-15-7-11-17(12-8-15)29-16-9-5-14(6-10-16)21(27)25-26-22(28)19-13-24-20-4-2-1-3-18(19)20/h1-13,24H,(H,25,27)(H,26,28). The lowest BCUT2D eigenvalue weighted by Gasteiger charge is -2.08. The Morgan fingerprint density at radius 3 is 2.14 bits per heavy atom. The van der Waals surface area contributed by atoms with Crippen molar-refractivity contribution in [1.82, 2.24) is 15.8 Å². The number of para-hydroxylation sites is 1. The normalized spacial score (nSPS) is 10.5. The fraction of sp³-hybridized carbons (Fsp3) is 0. The van der Waals surface area contributed by atoms with E-state index in [1.807, 2.05) is 24.3 Å². The fourth-order valence-corrected chi connectivity index (χ4v) is 2.83. The number of halogens is 1. The summed E-state index contributed by atoms with van der Waals surface area (Å²) in [6.45, 7) is 0. The van der Waals surface area contributed by atoms with Crippen molar-refractivity contribution in [2.45, 2.75) is 0 Å². The zero-order valence-corrected chi connectivity index (χ0v) is 15.1. The molecule has 1 heterocycles. The van der Waals surface area contributed by atoms with Crippen molar-refractivity contribution in [3.63, 3.8) is 0 Å². The van der Waals surface area contributed by atoms with Gasteiger partial charge in [-0.25, -0.2) is 4.39 Å². The number of aromatic amines is 1. The molecule has 4 rings (SSSR count). The van der Waals surface area contributed by atoms with Gasteiger partial charge in [0.1, 0.15) is 17.3 Å². The Kier molecular flexibility index (Phi) is 4.94. The molecule has 0 aliphatic heterocycles. The second-order valence-electron chi connectivity index (χ2n) is 6.24. The van der Waals surface area contributed by atoms with Gasteiger partial charge in [0, 0.05) is 22.7 Å². The third kappa shape index (κ3) is 4.08. The van der Waals surface area contributed by atoms with E-state index in [1.165, 1.54) is 24.3 Å². The van der Waals surface area contributed by atoms with E-state index < -0.39 is 11.8 Å². The maximum Gasteiger partial charge on any atom is 0.271 e. The molecular formula is C22H16FN3O3. The molecule has 0 aliphatic rings. The van der Waals surface area contributed by atoms with E-state index >= 15 is 0 Å². The molecule has 3 N–H and O–H groups in total. The van der Waals surface area contributed by atoms with Gasteiger partial charge in [-0.05, 0) is 54.6 Å². The van der Waals surface area contributed by atoms with Crippen LogP contribution in [0.4, 0.5) is 4.39 Å². The molecule has 0 fully saturated rings. The lowest BCUT2D eigenvalue weighted by atomic mass is 10.2. The number of hydrogen-bond acceptors (Lipinski definition) is 3. The molecule has 0 saturated carbocycles. The number of amides is 2. The smallest absolute Gasteiger partial charge is 0.271 e. The zero-order chi connectivity index (χ0) is 20.2. The van der Waals surface area contributed by atoms with E-state index in [9.17, 15) is 14.0 Å². The Labute approximate surface area is 165 Å². The summed E-state index contributed by atoms with van der Waals surface area (Å²) in [4.78, 5) is 27.6. The van der Waals surface area contributed by atoms with Crippen LogP contribution in [0.1, 0.15) is 20.7 Å². The van der Waals surface area contributed by atoms with Gasteiger partial charge < -0.3 is 9.72 Å². The molecule has 6 nitrogen and oxygen atoms in total. The number of fused-ring (bicyclic) bond motifs is 1. The van der Waals surface area contributed by atoms with Crippen LogP contribution in [0, 0.1) is 5.82 Å². The second-order valence-corrected chi connectivity index (χ2v) is 6.24. The van der Waals surface area contributed by atoms with Crippen LogP contribution in [0.15, 0.2) is 79.0 Å². The molecule has 1 aromatic heterocycles. The highest BCUT2D eigenvalue weighted by Gasteiger charge is 2.13. The maximum atomic E-state index is 12.9. The monoisotopic (exact) mass is 389 g/mol. The minimum Gasteiger partial charge on any atom is -0.457 e. The molecule has 0 aliphatic carbocycles. The van der Waals surface area contributed by atoms with Crippen molar-refractivity contribution >= 4 is 22.7 Å². The van der Waals surface area contributed by atoms with Crippen LogP contribution in [-0.4, -0.2) is 16.8 Å². The third-order valence-electron chi connectivity index (χ3n) is 4.29. The molecule has 0 radical (unpaired) electrons. The molecule has 144 valence electrons. The van der Waals surface area contributed by atoms with Gasteiger partial charge in [0.15, 0.2) is 0 Å². The van der Waals surface area contributed by atoms with Crippen LogP contribution in [0.2, 0.25) is 0 Å². The third-order valence-corrected chi connectivity index (χ3v) is 4.29. The van der Waals surface area contributed by atoms with E-state index in [0.29, 0.717) is 22.6 Å². The van der Waals surface area contributed by atoms with Crippen molar-refractivity contribution < 1.29 is 18.7 Å². The summed E-state index contributed by atoms with van der Waals surface area (Å²) in [5, 5.41) is 0.765. The Bertz CT molecular complexity index is 1170. The van der Waals surface area contributed by atoms with Gasteiger partial charge in [-0.15, -0.1) is 0 Å². The largest absolute Gasteiger partial charge is 0.457 e. The topological polar surface area (TPSA) is 83.2 Å². The Morgan fingerprint density at radius 1 is 0.793 bits per heavy atom. The second kappa shape index (κ2) is 7.85. The van der Waals surface area contributed by atoms with E-state index in [0.717, 1.165) is 10.9 Å². The molecule has 4 aromatic rings. The lowest BCUT2D eigenvalue weighted by molar-refractivity contribution is 0.0847. The molecule has 0 saturated heterocycles. The van der Waals surface area contributed by atoms with Crippen LogP contribution >= 0.6 is 0 Å². The van der Waals surface area contributed by atoms with Gasteiger partial charge in [-0.1, -0.05) is 18.2 Å². The Morgan fingerprint density at radius 2 is 1.41 bits per heavy atom. The van der Waals surface area contributed by atoms with E-state index in [1.54, 1.807) is 30.5 Å². The number of rotatable bonds is 4. The first-order chi connectivity index (χ1) is 14.1. The van der Waals surface area contributed by atoms with Crippen LogP contribution in [-0.2, 0) is 0 Å². The Hall–Kier alpha value is -4.13. The number of benzene rings is 3. The molecule has 29 heavy (non-hydrogen) atoms. The highest BCUT2D eigenvalue weighted by Crippen LogP contribution is 2.22. The van der Waals surface area contributed by atoms with Crippen LogP contribution in [0.5, 0.6) is 11.5 Å². The maximum absolute atomic E-state index is 12.9. The summed E-state index contributed by atoms with van der Waals surface area (Å²) < 4.78 is 18.5.